The van der Waals surface area contributed by atoms with Crippen LogP contribution >= 0.6 is 0 Å². The molecule has 0 spiro atoms. The molecular formula is C18H26FN3O2. The van der Waals surface area contributed by atoms with Crippen molar-refractivity contribution in [2.24, 2.45) is 11.1 Å². The number of rotatable bonds is 4. The molecule has 2 saturated heterocycles. The number of nitrogens with two attached hydrogens (primary N) is 1. The number of morpholine rings is 1. The van der Waals surface area contributed by atoms with Crippen molar-refractivity contribution < 1.29 is 13.9 Å². The molecule has 2 heterocycles. The van der Waals surface area contributed by atoms with Crippen molar-refractivity contribution in [2.45, 2.75) is 19.4 Å². The van der Waals surface area contributed by atoms with Crippen LogP contribution in [0.5, 0.6) is 0 Å². The number of likely N-dealkylation sites (tertiary alicyclic amines) is 1. The summed E-state index contributed by atoms with van der Waals surface area (Å²) < 4.78 is 19.8. The maximum absolute atomic E-state index is 14.4. The van der Waals surface area contributed by atoms with Gasteiger partial charge in [-0.15, -0.1) is 0 Å². The summed E-state index contributed by atoms with van der Waals surface area (Å²) in [4.78, 5) is 17.1. The molecule has 1 aromatic rings. The summed E-state index contributed by atoms with van der Waals surface area (Å²) in [6, 6.07) is 5.99. The van der Waals surface area contributed by atoms with Crippen molar-refractivity contribution in [3.05, 3.63) is 35.6 Å². The maximum atomic E-state index is 14.4. The molecule has 0 radical (unpaired) electrons. The van der Waals surface area contributed by atoms with Crippen LogP contribution in [-0.4, -0.2) is 61.6 Å². The second kappa shape index (κ2) is 7.17. The third kappa shape index (κ3) is 3.45. The van der Waals surface area contributed by atoms with Gasteiger partial charge in [-0.05, 0) is 24.4 Å². The zero-order chi connectivity index (χ0) is 17.2. The van der Waals surface area contributed by atoms with Gasteiger partial charge >= 0.3 is 0 Å². The minimum atomic E-state index is -0.588. The zero-order valence-electron chi connectivity index (χ0n) is 14.2. The highest BCUT2D eigenvalue weighted by Gasteiger charge is 2.40. The van der Waals surface area contributed by atoms with Gasteiger partial charge in [-0.3, -0.25) is 9.69 Å². The number of ether oxygens (including phenoxy) is 1. The van der Waals surface area contributed by atoms with E-state index in [-0.39, 0.29) is 17.1 Å². The molecule has 2 fully saturated rings. The van der Waals surface area contributed by atoms with Crippen molar-refractivity contribution >= 4 is 5.91 Å². The SMILES string of the molecule is CC1(CN)CCN(C(=O)C(c2ccccc2F)N2CCOCC2)C1. The summed E-state index contributed by atoms with van der Waals surface area (Å²) >= 11 is 0. The number of hydrogen-bond donors (Lipinski definition) is 1. The van der Waals surface area contributed by atoms with Gasteiger partial charge in [0.25, 0.3) is 0 Å². The van der Waals surface area contributed by atoms with Crippen molar-refractivity contribution in [3.8, 4) is 0 Å². The second-order valence-corrected chi connectivity index (χ2v) is 7.10. The monoisotopic (exact) mass is 335 g/mol. The summed E-state index contributed by atoms with van der Waals surface area (Å²) in [6.45, 7) is 6.38. The highest BCUT2D eigenvalue weighted by Crippen LogP contribution is 2.33. The van der Waals surface area contributed by atoms with Crippen LogP contribution in [-0.2, 0) is 9.53 Å². The van der Waals surface area contributed by atoms with Crippen LogP contribution in [0.25, 0.3) is 0 Å². The van der Waals surface area contributed by atoms with Crippen LogP contribution in [0.4, 0.5) is 4.39 Å². The fourth-order valence-corrected chi connectivity index (χ4v) is 3.57. The summed E-state index contributed by atoms with van der Waals surface area (Å²) in [5.74, 6) is -0.359. The minimum Gasteiger partial charge on any atom is -0.379 e. The Balaban J connectivity index is 1.87. The standard InChI is InChI=1S/C18H26FN3O2/c1-18(12-20)6-7-22(13-18)17(23)16(21-8-10-24-11-9-21)14-4-2-3-5-15(14)19/h2-5,16H,6-13,20H2,1H3. The highest BCUT2D eigenvalue weighted by atomic mass is 19.1. The molecule has 5 nitrogen and oxygen atoms in total. The smallest absolute Gasteiger partial charge is 0.244 e. The quantitative estimate of drug-likeness (QED) is 0.903. The van der Waals surface area contributed by atoms with E-state index >= 15 is 0 Å². The van der Waals surface area contributed by atoms with E-state index < -0.39 is 6.04 Å². The molecule has 1 aromatic carbocycles. The Morgan fingerprint density at radius 2 is 2.04 bits per heavy atom. The van der Waals surface area contributed by atoms with Crippen LogP contribution in [0, 0.1) is 11.2 Å². The number of benzene rings is 1. The van der Waals surface area contributed by atoms with Gasteiger partial charge in [-0.1, -0.05) is 25.1 Å². The number of carbonyl (C=O) groups is 1. The first-order chi connectivity index (χ1) is 11.5. The van der Waals surface area contributed by atoms with E-state index in [1.54, 1.807) is 18.2 Å². The van der Waals surface area contributed by atoms with Crippen LogP contribution < -0.4 is 5.73 Å². The average molecular weight is 335 g/mol. The van der Waals surface area contributed by atoms with Crippen molar-refractivity contribution in [3.63, 3.8) is 0 Å². The molecule has 1 amide bonds. The number of nitrogens with zero attached hydrogens (tertiary/aromatic N) is 2. The van der Waals surface area contributed by atoms with Crippen LogP contribution in [0.15, 0.2) is 24.3 Å². The Kier molecular flexibility index (Phi) is 5.18. The minimum absolute atomic E-state index is 0.0285. The Morgan fingerprint density at radius 3 is 2.67 bits per heavy atom. The molecular weight excluding hydrogens is 309 g/mol. The first-order valence-electron chi connectivity index (χ1n) is 8.59. The molecule has 6 heteroatoms. The first-order valence-corrected chi connectivity index (χ1v) is 8.59. The zero-order valence-corrected chi connectivity index (χ0v) is 14.2. The lowest BCUT2D eigenvalue weighted by Crippen LogP contribution is -2.47. The summed E-state index contributed by atoms with van der Waals surface area (Å²) in [6.07, 6.45) is 0.891. The van der Waals surface area contributed by atoms with Gasteiger partial charge in [0.1, 0.15) is 11.9 Å². The molecule has 3 rings (SSSR count). The van der Waals surface area contributed by atoms with Crippen molar-refractivity contribution in [1.29, 1.82) is 0 Å². The van der Waals surface area contributed by atoms with Gasteiger partial charge in [0.2, 0.25) is 5.91 Å². The van der Waals surface area contributed by atoms with E-state index in [0.29, 0.717) is 51.5 Å². The topological polar surface area (TPSA) is 58.8 Å². The molecule has 0 bridgehead atoms. The Labute approximate surface area is 142 Å². The lowest BCUT2D eigenvalue weighted by molar-refractivity contribution is -0.138. The predicted octanol–water partition coefficient (Wildman–Crippen LogP) is 1.40. The average Bonchev–Trinajstić information content (AvgIpc) is 3.01. The van der Waals surface area contributed by atoms with E-state index in [9.17, 15) is 9.18 Å². The molecule has 24 heavy (non-hydrogen) atoms. The molecule has 0 saturated carbocycles. The summed E-state index contributed by atoms with van der Waals surface area (Å²) in [7, 11) is 0. The fraction of sp³-hybridized carbons (Fsp3) is 0.611. The fourth-order valence-electron chi connectivity index (χ4n) is 3.57. The summed E-state index contributed by atoms with van der Waals surface area (Å²) in [5.41, 5.74) is 6.27. The Bertz CT molecular complexity index is 591. The van der Waals surface area contributed by atoms with Gasteiger partial charge in [0, 0.05) is 31.7 Å². The molecule has 132 valence electrons. The molecule has 0 aromatic heterocycles. The first kappa shape index (κ1) is 17.3. The lowest BCUT2D eigenvalue weighted by atomic mass is 9.90. The van der Waals surface area contributed by atoms with Crippen molar-refractivity contribution in [1.82, 2.24) is 9.80 Å². The van der Waals surface area contributed by atoms with Gasteiger partial charge in [-0.2, -0.15) is 0 Å². The molecule has 2 unspecified atom stereocenters. The van der Waals surface area contributed by atoms with E-state index in [1.807, 2.05) is 9.80 Å². The third-order valence-corrected chi connectivity index (χ3v) is 5.21. The molecule has 0 aliphatic carbocycles. The van der Waals surface area contributed by atoms with Gasteiger partial charge in [0.05, 0.1) is 13.2 Å². The van der Waals surface area contributed by atoms with Crippen LogP contribution in [0.3, 0.4) is 0 Å². The summed E-state index contributed by atoms with van der Waals surface area (Å²) in [5, 5.41) is 0. The predicted molar refractivity (Wildman–Crippen MR) is 89.9 cm³/mol. The van der Waals surface area contributed by atoms with Gasteiger partial charge < -0.3 is 15.4 Å². The lowest BCUT2D eigenvalue weighted by Gasteiger charge is -2.36. The highest BCUT2D eigenvalue weighted by molar-refractivity contribution is 5.83. The van der Waals surface area contributed by atoms with Crippen molar-refractivity contribution in [2.75, 3.05) is 45.9 Å². The van der Waals surface area contributed by atoms with Crippen LogP contribution in [0.2, 0.25) is 0 Å². The van der Waals surface area contributed by atoms with E-state index in [4.69, 9.17) is 10.5 Å². The molecule has 2 N–H and O–H groups in total. The third-order valence-electron chi connectivity index (χ3n) is 5.21. The van der Waals surface area contributed by atoms with E-state index in [0.717, 1.165) is 6.42 Å². The van der Waals surface area contributed by atoms with Gasteiger partial charge in [0.15, 0.2) is 0 Å². The van der Waals surface area contributed by atoms with E-state index in [1.165, 1.54) is 6.07 Å². The number of amides is 1. The largest absolute Gasteiger partial charge is 0.379 e. The molecule has 2 aliphatic rings. The number of hydrogen-bond acceptors (Lipinski definition) is 4. The molecule has 2 atom stereocenters. The van der Waals surface area contributed by atoms with E-state index in [2.05, 4.69) is 6.92 Å². The van der Waals surface area contributed by atoms with Gasteiger partial charge in [-0.25, -0.2) is 4.39 Å². The number of carbonyl (C=O) groups excluding carboxylic acids is 1. The number of halogens is 1. The Hall–Kier alpha value is -1.50. The second-order valence-electron chi connectivity index (χ2n) is 7.10. The normalized spacial score (nSPS) is 26.5. The Morgan fingerprint density at radius 1 is 1.33 bits per heavy atom. The van der Waals surface area contributed by atoms with Crippen LogP contribution in [0.1, 0.15) is 24.9 Å². The molecule has 2 aliphatic heterocycles. The maximum Gasteiger partial charge on any atom is 0.244 e.